The number of rotatable bonds is 11. The monoisotopic (exact) mass is 467 g/mol. The smallest absolute Gasteiger partial charge is 0.244 e. The first-order valence-corrected chi connectivity index (χ1v) is 13.3. The molecule has 0 aliphatic carbocycles. The van der Waals surface area contributed by atoms with E-state index in [-0.39, 0.29) is 41.5 Å². The van der Waals surface area contributed by atoms with Gasteiger partial charge in [-0.05, 0) is 38.5 Å². The Hall–Kier alpha value is -1.28. The summed E-state index contributed by atoms with van der Waals surface area (Å²) in [7, 11) is 0. The second-order valence-electron chi connectivity index (χ2n) is 9.93. The van der Waals surface area contributed by atoms with Crippen molar-refractivity contribution >= 4 is 29.5 Å². The highest BCUT2D eigenvalue weighted by molar-refractivity contribution is 8.02. The molecule has 8 atom stereocenters. The van der Waals surface area contributed by atoms with Gasteiger partial charge in [-0.1, -0.05) is 40.5 Å². The summed E-state index contributed by atoms with van der Waals surface area (Å²) >= 11 is 1.69. The molecular formula is C24H41N3O4S. The molecule has 3 amide bonds. The van der Waals surface area contributed by atoms with E-state index in [1.807, 2.05) is 27.7 Å². The Bertz CT molecular complexity index is 719. The molecule has 0 aromatic heterocycles. The number of nitrogens with zero attached hydrogens (tertiary/aromatic N) is 1. The van der Waals surface area contributed by atoms with Gasteiger partial charge >= 0.3 is 0 Å². The van der Waals surface area contributed by atoms with Gasteiger partial charge < -0.3 is 20.6 Å². The maximum Gasteiger partial charge on any atom is 0.244 e. The van der Waals surface area contributed by atoms with Crippen LogP contribution >= 0.6 is 11.8 Å². The Labute approximate surface area is 196 Å². The summed E-state index contributed by atoms with van der Waals surface area (Å²) in [6.45, 7) is 10.6. The van der Waals surface area contributed by atoms with Crippen LogP contribution in [0, 0.1) is 17.8 Å². The molecule has 3 aliphatic rings. The highest BCUT2D eigenvalue weighted by Gasteiger charge is 2.74. The lowest BCUT2D eigenvalue weighted by atomic mass is 9.70. The van der Waals surface area contributed by atoms with E-state index in [1.54, 1.807) is 16.7 Å². The Kier molecular flexibility index (Phi) is 8.18. The lowest BCUT2D eigenvalue weighted by Gasteiger charge is -2.39. The Morgan fingerprint density at radius 3 is 2.53 bits per heavy atom. The summed E-state index contributed by atoms with van der Waals surface area (Å²) in [5.74, 6) is -1.17. The molecule has 3 unspecified atom stereocenters. The standard InChI is InChI=1S/C24H41N3O4S/c1-6-9-15(5)26-22(30)20-24-11-10-17(32-24)18(21(29)25-12-7-2)19(24)23(31)27(20)16(13-28)14(4)8-3/h14-20,28H,6-13H2,1-5H3,(H,25,29)(H,26,30)/t14-,15?,16-,17-,18+,19-,20?,24?/m0/s1. The number of likely N-dealkylation sites (tertiary alicyclic amines) is 1. The van der Waals surface area contributed by atoms with Crippen molar-refractivity contribution in [3.63, 3.8) is 0 Å². The highest BCUT2D eigenvalue weighted by Crippen LogP contribution is 2.66. The fourth-order valence-corrected chi connectivity index (χ4v) is 8.26. The number of aliphatic hydroxyl groups excluding tert-OH is 1. The van der Waals surface area contributed by atoms with Crippen LogP contribution in [-0.4, -0.2) is 69.0 Å². The number of nitrogens with one attached hydrogen (secondary N) is 2. The van der Waals surface area contributed by atoms with Crippen molar-refractivity contribution in [2.24, 2.45) is 17.8 Å². The van der Waals surface area contributed by atoms with E-state index in [0.29, 0.717) is 6.54 Å². The van der Waals surface area contributed by atoms with Gasteiger partial charge in [-0.3, -0.25) is 14.4 Å². The number of hydrogen-bond acceptors (Lipinski definition) is 5. The molecule has 182 valence electrons. The fraction of sp³-hybridized carbons (Fsp3) is 0.875. The van der Waals surface area contributed by atoms with E-state index in [2.05, 4.69) is 17.6 Å². The largest absolute Gasteiger partial charge is 0.394 e. The zero-order chi connectivity index (χ0) is 23.6. The van der Waals surface area contributed by atoms with Gasteiger partial charge in [0.1, 0.15) is 6.04 Å². The van der Waals surface area contributed by atoms with E-state index >= 15 is 0 Å². The molecule has 3 N–H and O–H groups in total. The van der Waals surface area contributed by atoms with Gasteiger partial charge in [-0.2, -0.15) is 0 Å². The number of thioether (sulfide) groups is 1. The minimum absolute atomic E-state index is 0.0170. The first-order chi connectivity index (χ1) is 15.3. The van der Waals surface area contributed by atoms with Gasteiger partial charge in [0.25, 0.3) is 0 Å². The highest BCUT2D eigenvalue weighted by atomic mass is 32.2. The van der Waals surface area contributed by atoms with Gasteiger partial charge in [0.2, 0.25) is 17.7 Å². The third kappa shape index (κ3) is 4.17. The van der Waals surface area contributed by atoms with Crippen LogP contribution in [-0.2, 0) is 14.4 Å². The molecule has 3 fully saturated rings. The molecule has 0 aromatic carbocycles. The molecule has 2 bridgehead atoms. The molecule has 3 heterocycles. The van der Waals surface area contributed by atoms with Crippen molar-refractivity contribution in [3.8, 4) is 0 Å². The average Bonchev–Trinajstić information content (AvgIpc) is 3.40. The van der Waals surface area contributed by atoms with Gasteiger partial charge in [-0.25, -0.2) is 0 Å². The zero-order valence-electron chi connectivity index (χ0n) is 20.2. The number of carbonyl (C=O) groups excluding carboxylic acids is 3. The molecule has 8 heteroatoms. The van der Waals surface area contributed by atoms with Crippen molar-refractivity contribution in [2.75, 3.05) is 13.2 Å². The molecule has 7 nitrogen and oxygen atoms in total. The molecule has 3 saturated heterocycles. The van der Waals surface area contributed by atoms with Crippen molar-refractivity contribution in [1.29, 1.82) is 0 Å². The van der Waals surface area contributed by atoms with E-state index < -0.39 is 28.7 Å². The second kappa shape index (κ2) is 10.3. The number of hydrogen-bond donors (Lipinski definition) is 3. The molecule has 32 heavy (non-hydrogen) atoms. The van der Waals surface area contributed by atoms with Gasteiger partial charge in [0.05, 0.1) is 29.2 Å². The van der Waals surface area contributed by atoms with Gasteiger partial charge in [0, 0.05) is 17.8 Å². The maximum absolute atomic E-state index is 13.9. The lowest BCUT2D eigenvalue weighted by Crippen LogP contribution is -2.58. The number of carbonyl (C=O) groups is 3. The molecule has 0 saturated carbocycles. The minimum Gasteiger partial charge on any atom is -0.394 e. The summed E-state index contributed by atoms with van der Waals surface area (Å²) in [6, 6.07) is -1.06. The van der Waals surface area contributed by atoms with Crippen LogP contribution in [0.25, 0.3) is 0 Å². The molecule has 3 rings (SSSR count). The lowest BCUT2D eigenvalue weighted by molar-refractivity contribution is -0.144. The predicted molar refractivity (Wildman–Crippen MR) is 127 cm³/mol. The summed E-state index contributed by atoms with van der Waals surface area (Å²) in [6.07, 6.45) is 5.07. The quantitative estimate of drug-likeness (QED) is 0.433. The van der Waals surface area contributed by atoms with Crippen LogP contribution in [0.3, 0.4) is 0 Å². The molecule has 0 radical (unpaired) electrons. The van der Waals surface area contributed by atoms with E-state index in [0.717, 1.165) is 38.5 Å². The minimum atomic E-state index is -0.649. The fourth-order valence-electron chi connectivity index (χ4n) is 6.06. The topological polar surface area (TPSA) is 98.7 Å². The first-order valence-electron chi connectivity index (χ1n) is 12.5. The molecule has 0 aromatic rings. The Morgan fingerprint density at radius 1 is 1.22 bits per heavy atom. The zero-order valence-corrected chi connectivity index (χ0v) is 21.0. The van der Waals surface area contributed by atoms with Crippen LogP contribution in [0.4, 0.5) is 0 Å². The summed E-state index contributed by atoms with van der Waals surface area (Å²) in [4.78, 5) is 42.4. The van der Waals surface area contributed by atoms with Crippen LogP contribution in [0.15, 0.2) is 0 Å². The van der Waals surface area contributed by atoms with Gasteiger partial charge in [0.15, 0.2) is 0 Å². The number of aliphatic hydroxyl groups is 1. The summed E-state index contributed by atoms with van der Waals surface area (Å²) < 4.78 is -0.590. The molecule has 1 spiro atoms. The van der Waals surface area contributed by atoms with Crippen molar-refractivity contribution < 1.29 is 19.5 Å². The third-order valence-corrected chi connectivity index (χ3v) is 9.75. The van der Waals surface area contributed by atoms with E-state index in [4.69, 9.17) is 0 Å². The third-order valence-electron chi connectivity index (χ3n) is 7.79. The van der Waals surface area contributed by atoms with Crippen molar-refractivity contribution in [3.05, 3.63) is 0 Å². The average molecular weight is 468 g/mol. The van der Waals surface area contributed by atoms with Crippen molar-refractivity contribution in [1.82, 2.24) is 15.5 Å². The van der Waals surface area contributed by atoms with Crippen LogP contribution in [0.5, 0.6) is 0 Å². The van der Waals surface area contributed by atoms with Gasteiger partial charge in [-0.15, -0.1) is 11.8 Å². The van der Waals surface area contributed by atoms with Crippen LogP contribution < -0.4 is 10.6 Å². The SMILES string of the molecule is CCCNC(=O)[C@@H]1[C@@H]2CCC3(S2)C(C(=O)NC(C)CCC)N([C@@H](CO)[C@@H](C)CC)C(=O)[C@H]13. The summed E-state index contributed by atoms with van der Waals surface area (Å²) in [5.41, 5.74) is 0. The molecular weight excluding hydrogens is 426 g/mol. The maximum atomic E-state index is 13.9. The number of fused-ring (bicyclic) bond motifs is 1. The Morgan fingerprint density at radius 2 is 1.94 bits per heavy atom. The second-order valence-corrected chi connectivity index (χ2v) is 11.5. The van der Waals surface area contributed by atoms with Crippen LogP contribution in [0.1, 0.15) is 73.1 Å². The van der Waals surface area contributed by atoms with Crippen LogP contribution in [0.2, 0.25) is 0 Å². The van der Waals surface area contributed by atoms with E-state index in [1.165, 1.54) is 0 Å². The molecule has 3 aliphatic heterocycles. The Balaban J connectivity index is 2.01. The van der Waals surface area contributed by atoms with Crippen molar-refractivity contribution in [2.45, 2.75) is 101 Å². The van der Waals surface area contributed by atoms with E-state index in [9.17, 15) is 19.5 Å². The first kappa shape index (κ1) is 25.3. The number of amides is 3. The predicted octanol–water partition coefficient (Wildman–Crippen LogP) is 2.32. The normalized spacial score (nSPS) is 33.7. The summed E-state index contributed by atoms with van der Waals surface area (Å²) in [5, 5.41) is 16.5.